The maximum Gasteiger partial charge on any atom is 0.246 e. The van der Waals surface area contributed by atoms with E-state index in [4.69, 9.17) is 39.5 Å². The number of benzene rings is 2. The van der Waals surface area contributed by atoms with Crippen molar-refractivity contribution in [1.29, 1.82) is 0 Å². The summed E-state index contributed by atoms with van der Waals surface area (Å²) < 4.78 is 57.3. The van der Waals surface area contributed by atoms with Gasteiger partial charge in [0.05, 0.1) is 28.7 Å². The summed E-state index contributed by atoms with van der Waals surface area (Å²) in [6.45, 7) is -0.0399. The topological polar surface area (TPSA) is 80.8 Å². The summed E-state index contributed by atoms with van der Waals surface area (Å²) in [6, 6.07) is 8.69. The van der Waals surface area contributed by atoms with E-state index >= 15 is 0 Å². The molecule has 0 spiro atoms. The second kappa shape index (κ2) is 8.61. The number of ether oxygens (including phenoxy) is 1. The molecule has 0 aliphatic carbocycles. The van der Waals surface area contributed by atoms with Crippen LogP contribution in [0, 0.1) is 0 Å². The molecule has 1 saturated heterocycles. The van der Waals surface area contributed by atoms with Crippen molar-refractivity contribution in [3.05, 3.63) is 57.0 Å². The van der Waals surface area contributed by atoms with Crippen LogP contribution in [0.1, 0.15) is 12.0 Å². The first kappa shape index (κ1) is 22.7. The first-order valence-electron chi connectivity index (χ1n) is 8.53. The van der Waals surface area contributed by atoms with Gasteiger partial charge in [-0.15, -0.1) is 0 Å². The van der Waals surface area contributed by atoms with Crippen molar-refractivity contribution in [3.8, 4) is 5.75 Å². The number of nitrogens with zero attached hydrogens (tertiary/aromatic N) is 1. The van der Waals surface area contributed by atoms with Gasteiger partial charge in [0.1, 0.15) is 10.6 Å². The number of hydrogen-bond donors (Lipinski definition) is 0. The minimum Gasteiger partial charge on any atom is -0.497 e. The number of hydrogen-bond acceptors (Lipinski definition) is 5. The highest BCUT2D eigenvalue weighted by Crippen LogP contribution is 2.37. The third kappa shape index (κ3) is 5.00. The predicted octanol–water partition coefficient (Wildman–Crippen LogP) is 4.03. The molecule has 0 bridgehead atoms. The second-order valence-corrected chi connectivity index (χ2v) is 12.0. The number of halogens is 3. The Bertz CT molecular complexity index is 1100. The van der Waals surface area contributed by atoms with E-state index < -0.39 is 25.9 Å². The van der Waals surface area contributed by atoms with E-state index in [-0.39, 0.29) is 44.4 Å². The van der Waals surface area contributed by atoms with Gasteiger partial charge in [-0.25, -0.2) is 16.8 Å². The van der Waals surface area contributed by atoms with Crippen LogP contribution in [0.25, 0.3) is 0 Å². The van der Waals surface area contributed by atoms with E-state index in [0.717, 1.165) is 4.31 Å². The Hall–Kier alpha value is -1.03. The molecule has 1 fully saturated rings. The lowest BCUT2D eigenvalue weighted by Crippen LogP contribution is -2.40. The minimum absolute atomic E-state index is 0.0399. The van der Waals surface area contributed by atoms with Gasteiger partial charge < -0.3 is 4.74 Å². The molecule has 1 aliphatic heterocycles. The van der Waals surface area contributed by atoms with Crippen LogP contribution in [0.5, 0.6) is 5.75 Å². The molecule has 1 aliphatic rings. The van der Waals surface area contributed by atoms with Gasteiger partial charge in [-0.05, 0) is 36.2 Å². The van der Waals surface area contributed by atoms with E-state index in [0.29, 0.717) is 11.3 Å². The summed E-state index contributed by atoms with van der Waals surface area (Å²) in [4.78, 5) is -0.289. The number of sulfonamides is 1. The molecule has 0 radical (unpaired) electrons. The van der Waals surface area contributed by atoms with Crippen LogP contribution >= 0.6 is 34.8 Å². The lowest BCUT2D eigenvalue weighted by molar-refractivity contribution is 0.334. The Balaban J connectivity index is 2.06. The summed E-state index contributed by atoms with van der Waals surface area (Å²) in [5.74, 6) is 0.287. The van der Waals surface area contributed by atoms with Crippen molar-refractivity contribution in [3.63, 3.8) is 0 Å². The normalized spacial score (nSPS) is 18.9. The molecule has 158 valence electrons. The molecule has 0 aromatic heterocycles. The van der Waals surface area contributed by atoms with Crippen molar-refractivity contribution >= 4 is 54.7 Å². The fourth-order valence-electron chi connectivity index (χ4n) is 3.22. The summed E-state index contributed by atoms with van der Waals surface area (Å²) in [5.41, 5.74) is 0.667. The molecule has 2 aromatic carbocycles. The van der Waals surface area contributed by atoms with Gasteiger partial charge in [0.2, 0.25) is 10.0 Å². The molecule has 1 heterocycles. The smallest absolute Gasteiger partial charge is 0.246 e. The molecule has 29 heavy (non-hydrogen) atoms. The standard InChI is InChI=1S/C18H18Cl3NO5S2/c1-27-15-4-2-12(3-5-15)10-22(14-6-7-28(23,24)11-14)29(25,26)18-16(20)8-13(19)9-17(18)21/h2-5,8-9,14H,6-7,10-11H2,1H3. The van der Waals surface area contributed by atoms with Crippen molar-refractivity contribution < 1.29 is 21.6 Å². The van der Waals surface area contributed by atoms with E-state index in [1.54, 1.807) is 24.3 Å². The first-order chi connectivity index (χ1) is 13.5. The second-order valence-electron chi connectivity index (χ2n) is 6.65. The Morgan fingerprint density at radius 2 is 1.69 bits per heavy atom. The Kier molecular flexibility index (Phi) is 6.72. The van der Waals surface area contributed by atoms with E-state index in [2.05, 4.69) is 0 Å². The van der Waals surface area contributed by atoms with E-state index in [1.807, 2.05) is 0 Å². The van der Waals surface area contributed by atoms with Crippen LogP contribution in [0.4, 0.5) is 0 Å². The maximum absolute atomic E-state index is 13.5. The average Bonchev–Trinajstić information content (AvgIpc) is 2.98. The van der Waals surface area contributed by atoms with Crippen LogP contribution < -0.4 is 4.74 Å². The van der Waals surface area contributed by atoms with Crippen molar-refractivity contribution in [2.75, 3.05) is 18.6 Å². The molecule has 3 rings (SSSR count). The van der Waals surface area contributed by atoms with Gasteiger partial charge >= 0.3 is 0 Å². The summed E-state index contributed by atoms with van der Waals surface area (Å²) >= 11 is 18.2. The van der Waals surface area contributed by atoms with Crippen molar-refractivity contribution in [1.82, 2.24) is 4.31 Å². The number of methoxy groups -OCH3 is 1. The minimum atomic E-state index is -4.21. The van der Waals surface area contributed by atoms with E-state index in [1.165, 1.54) is 19.2 Å². The highest BCUT2D eigenvalue weighted by molar-refractivity contribution is 7.92. The third-order valence-electron chi connectivity index (χ3n) is 4.64. The predicted molar refractivity (Wildman–Crippen MR) is 114 cm³/mol. The van der Waals surface area contributed by atoms with Gasteiger partial charge in [-0.1, -0.05) is 46.9 Å². The molecule has 1 unspecified atom stereocenters. The molecule has 6 nitrogen and oxygen atoms in total. The highest BCUT2D eigenvalue weighted by atomic mass is 35.5. The lowest BCUT2D eigenvalue weighted by atomic mass is 10.2. The summed E-state index contributed by atoms with van der Waals surface area (Å²) in [7, 11) is -6.01. The van der Waals surface area contributed by atoms with Crippen molar-refractivity contribution in [2.24, 2.45) is 0 Å². The lowest BCUT2D eigenvalue weighted by Gasteiger charge is -2.28. The van der Waals surface area contributed by atoms with Crippen LogP contribution in [0.2, 0.25) is 15.1 Å². The third-order valence-corrected chi connectivity index (χ3v) is 9.43. The monoisotopic (exact) mass is 497 g/mol. The largest absolute Gasteiger partial charge is 0.497 e. The summed E-state index contributed by atoms with van der Waals surface area (Å²) in [6.07, 6.45) is 0.195. The Morgan fingerprint density at radius 3 is 2.17 bits per heavy atom. The maximum atomic E-state index is 13.5. The quantitative estimate of drug-likeness (QED) is 0.600. The Labute approximate surface area is 185 Å². The molecule has 0 amide bonds. The van der Waals surface area contributed by atoms with Gasteiger partial charge in [-0.3, -0.25) is 0 Å². The average molecular weight is 499 g/mol. The van der Waals surface area contributed by atoms with Crippen LogP contribution in [0.15, 0.2) is 41.3 Å². The fraction of sp³-hybridized carbons (Fsp3) is 0.333. The number of rotatable bonds is 6. The number of sulfone groups is 1. The Morgan fingerprint density at radius 1 is 1.10 bits per heavy atom. The zero-order valence-corrected chi connectivity index (χ0v) is 19.2. The van der Waals surface area contributed by atoms with E-state index in [9.17, 15) is 16.8 Å². The molecule has 1 atom stereocenters. The van der Waals surface area contributed by atoms with Crippen LogP contribution in [0.3, 0.4) is 0 Å². The highest BCUT2D eigenvalue weighted by Gasteiger charge is 2.40. The fourth-order valence-corrected chi connectivity index (χ4v) is 8.18. The molecule has 11 heteroatoms. The molecular weight excluding hydrogens is 481 g/mol. The molecular formula is C18H18Cl3NO5S2. The van der Waals surface area contributed by atoms with Gasteiger partial charge in [0.25, 0.3) is 0 Å². The van der Waals surface area contributed by atoms with Gasteiger partial charge in [0.15, 0.2) is 9.84 Å². The molecule has 2 aromatic rings. The van der Waals surface area contributed by atoms with Gasteiger partial charge in [-0.2, -0.15) is 4.31 Å². The zero-order valence-electron chi connectivity index (χ0n) is 15.3. The van der Waals surface area contributed by atoms with Crippen molar-refractivity contribution in [2.45, 2.75) is 23.9 Å². The molecule has 0 N–H and O–H groups in total. The van der Waals surface area contributed by atoms with Crippen LogP contribution in [-0.2, 0) is 26.4 Å². The molecule has 0 saturated carbocycles. The first-order valence-corrected chi connectivity index (χ1v) is 12.9. The zero-order chi connectivity index (χ0) is 21.4. The van der Waals surface area contributed by atoms with Crippen LogP contribution in [-0.4, -0.2) is 45.8 Å². The van der Waals surface area contributed by atoms with Gasteiger partial charge in [0, 0.05) is 17.6 Å². The SMILES string of the molecule is COc1ccc(CN(C2CCS(=O)(=O)C2)S(=O)(=O)c2c(Cl)cc(Cl)cc2Cl)cc1. The summed E-state index contributed by atoms with van der Waals surface area (Å²) in [5, 5.41) is -0.0460.